The summed E-state index contributed by atoms with van der Waals surface area (Å²) < 4.78 is 1.89. The number of fused-ring (bicyclic) bond motifs is 1. The van der Waals surface area contributed by atoms with E-state index in [0.717, 1.165) is 19.8 Å². The van der Waals surface area contributed by atoms with Crippen molar-refractivity contribution in [2.24, 2.45) is 0 Å². The molecule has 1 aromatic heterocycles. The Balaban J connectivity index is 2.99. The Labute approximate surface area is 116 Å². The van der Waals surface area contributed by atoms with Crippen molar-refractivity contribution in [2.45, 2.75) is 0 Å². The minimum absolute atomic E-state index is 0.0890. The van der Waals surface area contributed by atoms with Gasteiger partial charge in [-0.3, -0.25) is 4.79 Å². The number of nitrogens with zero attached hydrogens (tertiary/aromatic N) is 2. The van der Waals surface area contributed by atoms with E-state index in [2.05, 4.69) is 6.07 Å². The van der Waals surface area contributed by atoms with E-state index in [0.29, 0.717) is 0 Å². The molecule has 0 aliphatic heterocycles. The van der Waals surface area contributed by atoms with Gasteiger partial charge in [-0.1, -0.05) is 18.2 Å². The molecule has 0 aliphatic carbocycles. The van der Waals surface area contributed by atoms with Gasteiger partial charge in [0.1, 0.15) is 0 Å². The van der Waals surface area contributed by atoms with E-state index >= 15 is 0 Å². The molecule has 0 saturated carbocycles. The maximum Gasteiger partial charge on any atom is 0.206 e. The number of hydrogen-bond donors (Lipinski definition) is 0. The van der Waals surface area contributed by atoms with Gasteiger partial charge in [0.05, 0.1) is 4.53 Å². The first-order chi connectivity index (χ1) is 8.99. The zero-order valence-corrected chi connectivity index (χ0v) is 12.5. The van der Waals surface area contributed by atoms with Gasteiger partial charge in [-0.15, -0.1) is 11.3 Å². The quantitative estimate of drug-likeness (QED) is 0.811. The first-order valence-corrected chi connectivity index (χ1v) is 6.89. The van der Waals surface area contributed by atoms with Crippen LogP contribution < -0.4 is 15.2 Å². The summed E-state index contributed by atoms with van der Waals surface area (Å²) in [6, 6.07) is 8.03. The monoisotopic (exact) mass is 274 g/mol. The van der Waals surface area contributed by atoms with Crippen molar-refractivity contribution >= 4 is 33.8 Å². The molecule has 1 heterocycles. The minimum Gasteiger partial charge on any atom is -0.383 e. The fourth-order valence-corrected chi connectivity index (χ4v) is 3.04. The van der Waals surface area contributed by atoms with Crippen LogP contribution in [0.1, 0.15) is 0 Å². The highest BCUT2D eigenvalue weighted by Crippen LogP contribution is 2.10. The lowest BCUT2D eigenvalue weighted by Gasteiger charge is -2.06. The van der Waals surface area contributed by atoms with Gasteiger partial charge in [-0.2, -0.15) is 0 Å². The topological polar surface area (TPSA) is 23.6 Å². The van der Waals surface area contributed by atoms with Gasteiger partial charge in [0.15, 0.2) is 0 Å². The molecule has 0 aliphatic rings. The fraction of sp³-hybridized carbons (Fsp3) is 0.267. The molecule has 3 nitrogen and oxygen atoms in total. The van der Waals surface area contributed by atoms with E-state index in [4.69, 9.17) is 0 Å². The maximum atomic E-state index is 12.5. The van der Waals surface area contributed by atoms with Crippen molar-refractivity contribution in [3.05, 3.63) is 44.2 Å². The zero-order valence-electron chi connectivity index (χ0n) is 11.7. The molecule has 2 aromatic rings. The summed E-state index contributed by atoms with van der Waals surface area (Å²) in [5.41, 5.74) is 0.0890. The largest absolute Gasteiger partial charge is 0.383 e. The summed E-state index contributed by atoms with van der Waals surface area (Å²) in [4.78, 5) is 16.4. The predicted molar refractivity (Wildman–Crippen MR) is 83.6 cm³/mol. The summed E-state index contributed by atoms with van der Waals surface area (Å²) in [5, 5.41) is 1.77. The van der Waals surface area contributed by atoms with E-state index in [9.17, 15) is 4.79 Å². The van der Waals surface area contributed by atoms with Crippen LogP contribution >= 0.6 is 11.3 Å². The van der Waals surface area contributed by atoms with Crippen LogP contribution in [0, 0.1) is 0 Å². The van der Waals surface area contributed by atoms with E-state index < -0.39 is 0 Å². The van der Waals surface area contributed by atoms with Crippen molar-refractivity contribution in [3.63, 3.8) is 0 Å². The molecule has 0 fully saturated rings. The second-order valence-corrected chi connectivity index (χ2v) is 5.97. The molecule has 0 unspecified atom stereocenters. The molecular weight excluding hydrogens is 256 g/mol. The third-order valence-electron chi connectivity index (χ3n) is 2.63. The molecule has 0 N–H and O–H groups in total. The van der Waals surface area contributed by atoms with Gasteiger partial charge < -0.3 is 9.80 Å². The van der Waals surface area contributed by atoms with Gasteiger partial charge >= 0.3 is 0 Å². The number of benzene rings is 1. The van der Waals surface area contributed by atoms with Crippen molar-refractivity contribution in [3.8, 4) is 0 Å². The Morgan fingerprint density at radius 3 is 2.26 bits per heavy atom. The molecule has 0 radical (unpaired) electrons. The lowest BCUT2D eigenvalue weighted by molar-refractivity contribution is 0.613. The first-order valence-electron chi connectivity index (χ1n) is 6.07. The lowest BCUT2D eigenvalue weighted by atomic mass is 10.2. The van der Waals surface area contributed by atoms with E-state index in [1.165, 1.54) is 11.3 Å². The predicted octanol–water partition coefficient (Wildman–Crippen LogP) is 0.861. The second-order valence-electron chi connectivity index (χ2n) is 4.89. The van der Waals surface area contributed by atoms with Crippen LogP contribution in [0.15, 0.2) is 29.1 Å². The molecule has 19 heavy (non-hydrogen) atoms. The van der Waals surface area contributed by atoms with Gasteiger partial charge in [0, 0.05) is 55.9 Å². The highest BCUT2D eigenvalue weighted by atomic mass is 32.1. The third-order valence-corrected chi connectivity index (χ3v) is 3.71. The van der Waals surface area contributed by atoms with Crippen LogP contribution in [0.3, 0.4) is 0 Å². The fourth-order valence-electron chi connectivity index (χ4n) is 1.90. The Hall–Kier alpha value is -1.81. The summed E-state index contributed by atoms with van der Waals surface area (Å²) in [6.07, 6.45) is 3.77. The van der Waals surface area contributed by atoms with Gasteiger partial charge in [0.25, 0.3) is 0 Å². The second kappa shape index (κ2) is 5.45. The van der Waals surface area contributed by atoms with Crippen molar-refractivity contribution in [1.82, 2.24) is 9.80 Å². The Morgan fingerprint density at radius 1 is 1.00 bits per heavy atom. The average Bonchev–Trinajstić information content (AvgIpc) is 2.33. The van der Waals surface area contributed by atoms with Crippen LogP contribution in [-0.2, 0) is 0 Å². The SMILES string of the molecule is CN(C)/C=c1/sc2ccccc2/c(=C\N(C)C)c1=O. The minimum atomic E-state index is 0.0890. The van der Waals surface area contributed by atoms with Crippen LogP contribution in [0.2, 0.25) is 0 Å². The molecule has 1 aromatic carbocycles. The van der Waals surface area contributed by atoms with Crippen LogP contribution in [0.25, 0.3) is 22.5 Å². The van der Waals surface area contributed by atoms with Gasteiger partial charge in [0.2, 0.25) is 5.43 Å². The molecule has 100 valence electrons. The van der Waals surface area contributed by atoms with Gasteiger partial charge in [-0.25, -0.2) is 0 Å². The van der Waals surface area contributed by atoms with E-state index in [1.807, 2.05) is 68.6 Å². The maximum absolute atomic E-state index is 12.5. The standard InChI is InChI=1S/C15H18N2OS/c1-16(2)9-12-11-7-5-6-8-13(11)19-14(15(12)18)10-17(3)4/h5-10H,1-4H3/b12-9+,14-10+. The third kappa shape index (κ3) is 2.96. The van der Waals surface area contributed by atoms with Crippen LogP contribution in [-0.4, -0.2) is 38.0 Å². The molecule has 0 spiro atoms. The smallest absolute Gasteiger partial charge is 0.206 e. The normalized spacial score (nSPS) is 13.1. The lowest BCUT2D eigenvalue weighted by Crippen LogP contribution is -2.39. The molecule has 0 amide bonds. The van der Waals surface area contributed by atoms with E-state index in [1.54, 1.807) is 0 Å². The van der Waals surface area contributed by atoms with Crippen molar-refractivity contribution < 1.29 is 0 Å². The molecule has 0 saturated heterocycles. The molecule has 0 atom stereocenters. The summed E-state index contributed by atoms with van der Waals surface area (Å²) in [6.45, 7) is 0. The van der Waals surface area contributed by atoms with Crippen molar-refractivity contribution in [1.29, 1.82) is 0 Å². The molecule has 0 bridgehead atoms. The van der Waals surface area contributed by atoms with Gasteiger partial charge in [-0.05, 0) is 6.07 Å². The van der Waals surface area contributed by atoms with Crippen molar-refractivity contribution in [2.75, 3.05) is 28.2 Å². The summed E-state index contributed by atoms with van der Waals surface area (Å²) in [5.74, 6) is 0. The highest BCUT2D eigenvalue weighted by Gasteiger charge is 2.02. The summed E-state index contributed by atoms with van der Waals surface area (Å²) >= 11 is 1.53. The zero-order chi connectivity index (χ0) is 14.0. The summed E-state index contributed by atoms with van der Waals surface area (Å²) in [7, 11) is 7.72. The number of rotatable bonds is 2. The Morgan fingerprint density at radius 2 is 1.63 bits per heavy atom. The molecular formula is C15H18N2OS. The average molecular weight is 274 g/mol. The molecule has 2 rings (SSSR count). The Bertz CT molecular complexity index is 760. The molecule has 4 heteroatoms. The van der Waals surface area contributed by atoms with Crippen LogP contribution in [0.5, 0.6) is 0 Å². The first kappa shape index (κ1) is 13.6. The van der Waals surface area contributed by atoms with E-state index in [-0.39, 0.29) is 5.43 Å². The Kier molecular flexibility index (Phi) is 3.90. The van der Waals surface area contributed by atoms with Crippen LogP contribution in [0.4, 0.5) is 0 Å². The number of hydrogen-bond acceptors (Lipinski definition) is 4. The highest BCUT2D eigenvalue weighted by molar-refractivity contribution is 7.16.